The Morgan fingerprint density at radius 1 is 1.16 bits per heavy atom. The number of nitrogens with zero attached hydrogens (tertiary/aromatic N) is 6. The third kappa shape index (κ3) is 4.26. The average molecular weight is 458 g/mol. The number of hydrogen-bond acceptors (Lipinski definition) is 5. The molecule has 4 aromatic heterocycles. The highest BCUT2D eigenvalue weighted by atomic mass is 35.5. The van der Waals surface area contributed by atoms with E-state index in [-0.39, 0.29) is 5.41 Å². The molecule has 0 atom stereocenters. The van der Waals surface area contributed by atoms with E-state index < -0.39 is 0 Å². The van der Waals surface area contributed by atoms with Crippen LogP contribution in [-0.4, -0.2) is 35.8 Å². The zero-order valence-corrected chi connectivity index (χ0v) is 18.8. The minimum absolute atomic E-state index is 0.172. The van der Waals surface area contributed by atoms with Crippen LogP contribution in [-0.2, 0) is 23.7 Å². The predicted molar refractivity (Wildman–Crippen MR) is 120 cm³/mol. The number of carbonyl (C=O) groups is 1. The highest BCUT2D eigenvalue weighted by Crippen LogP contribution is 2.38. The third-order valence-corrected chi connectivity index (χ3v) is 5.69. The lowest BCUT2D eigenvalue weighted by molar-refractivity contribution is -0.105. The summed E-state index contributed by atoms with van der Waals surface area (Å²) in [4.78, 5) is 18.8. The molecule has 0 unspecified atom stereocenters. The Labute approximate surface area is 189 Å². The van der Waals surface area contributed by atoms with Gasteiger partial charge >= 0.3 is 0 Å². The van der Waals surface area contributed by atoms with Crippen LogP contribution >= 0.6 is 23.2 Å². The lowest BCUT2D eigenvalue weighted by atomic mass is 9.91. The van der Waals surface area contributed by atoms with Gasteiger partial charge in [0.2, 0.25) is 6.41 Å². The van der Waals surface area contributed by atoms with Crippen molar-refractivity contribution in [2.24, 2.45) is 7.05 Å². The number of anilines is 1. The molecule has 8 nitrogen and oxygen atoms in total. The van der Waals surface area contributed by atoms with Crippen LogP contribution < -0.4 is 5.32 Å². The topological polar surface area (TPSA) is 90.0 Å². The molecule has 0 radical (unpaired) electrons. The van der Waals surface area contributed by atoms with E-state index in [1.54, 1.807) is 16.8 Å². The highest BCUT2D eigenvalue weighted by molar-refractivity contribution is 6.33. The summed E-state index contributed by atoms with van der Waals surface area (Å²) < 4.78 is 3.57. The summed E-state index contributed by atoms with van der Waals surface area (Å²) in [5, 5.41) is 11.9. The molecule has 4 aromatic rings. The molecule has 0 spiro atoms. The maximum absolute atomic E-state index is 10.2. The van der Waals surface area contributed by atoms with Crippen molar-refractivity contribution in [1.82, 2.24) is 29.4 Å². The maximum Gasteiger partial charge on any atom is 0.211 e. The Bertz CT molecular complexity index is 1260. The summed E-state index contributed by atoms with van der Waals surface area (Å²) in [7, 11) is 1.82. The first kappa shape index (κ1) is 21.3. The Balaban J connectivity index is 0.000000149. The molecule has 4 heterocycles. The van der Waals surface area contributed by atoms with Gasteiger partial charge in [0.1, 0.15) is 11.4 Å². The fourth-order valence-electron chi connectivity index (χ4n) is 3.73. The molecule has 1 amide bonds. The van der Waals surface area contributed by atoms with Gasteiger partial charge in [0.25, 0.3) is 0 Å². The predicted octanol–water partition coefficient (Wildman–Crippen LogP) is 4.31. The molecule has 1 aliphatic carbocycles. The Morgan fingerprint density at radius 3 is 2.65 bits per heavy atom. The largest absolute Gasteiger partial charge is 0.327 e. The van der Waals surface area contributed by atoms with Crippen molar-refractivity contribution < 1.29 is 4.79 Å². The number of aryl methyl sites for hydroxylation is 2. The molecule has 0 saturated heterocycles. The SMILES string of the molecule is CC1(C)CCc2cnc3cc(Cl)nn3c21.Cn1ccc(-c2ncc(NC=O)cc2Cl)n1. The van der Waals surface area contributed by atoms with Crippen molar-refractivity contribution in [1.29, 1.82) is 0 Å². The van der Waals surface area contributed by atoms with E-state index in [2.05, 4.69) is 39.3 Å². The van der Waals surface area contributed by atoms with E-state index >= 15 is 0 Å². The van der Waals surface area contributed by atoms with Crippen LogP contribution in [0.1, 0.15) is 31.5 Å². The summed E-state index contributed by atoms with van der Waals surface area (Å²) in [6.45, 7) is 4.49. The van der Waals surface area contributed by atoms with Gasteiger partial charge in [0.15, 0.2) is 10.8 Å². The molecule has 1 N–H and O–H groups in total. The summed E-state index contributed by atoms with van der Waals surface area (Å²) in [5.41, 5.74) is 5.43. The molecule has 1 aliphatic rings. The van der Waals surface area contributed by atoms with Gasteiger partial charge in [-0.15, -0.1) is 0 Å². The number of pyridine rings is 1. The summed E-state index contributed by atoms with van der Waals surface area (Å²) in [5.74, 6) is 0. The number of nitrogens with one attached hydrogen (secondary N) is 1. The minimum atomic E-state index is 0.172. The monoisotopic (exact) mass is 457 g/mol. The Morgan fingerprint density at radius 2 is 1.97 bits per heavy atom. The van der Waals surface area contributed by atoms with Crippen LogP contribution in [0, 0.1) is 0 Å². The molecule has 31 heavy (non-hydrogen) atoms. The summed E-state index contributed by atoms with van der Waals surface area (Å²) in [6.07, 6.45) is 8.11. The first-order chi connectivity index (χ1) is 14.8. The van der Waals surface area contributed by atoms with Crippen LogP contribution in [0.15, 0.2) is 36.8 Å². The molecular weight excluding hydrogens is 437 g/mol. The van der Waals surface area contributed by atoms with Crippen LogP contribution in [0.4, 0.5) is 5.69 Å². The van der Waals surface area contributed by atoms with Gasteiger partial charge in [-0.05, 0) is 30.5 Å². The van der Waals surface area contributed by atoms with Gasteiger partial charge in [-0.1, -0.05) is 37.0 Å². The lowest BCUT2D eigenvalue weighted by Gasteiger charge is -2.19. The first-order valence-electron chi connectivity index (χ1n) is 9.68. The van der Waals surface area contributed by atoms with Gasteiger partial charge in [-0.2, -0.15) is 10.2 Å². The fourth-order valence-corrected chi connectivity index (χ4v) is 4.16. The molecule has 0 bridgehead atoms. The normalized spacial score (nSPS) is 14.1. The summed E-state index contributed by atoms with van der Waals surface area (Å²) >= 11 is 11.9. The number of fused-ring (bicyclic) bond motifs is 3. The van der Waals surface area contributed by atoms with Crippen molar-refractivity contribution in [3.63, 3.8) is 0 Å². The highest BCUT2D eigenvalue weighted by Gasteiger charge is 2.33. The van der Waals surface area contributed by atoms with Crippen LogP contribution in [0.5, 0.6) is 0 Å². The second kappa shape index (κ2) is 8.28. The molecule has 160 valence electrons. The Hall–Kier alpha value is -2.97. The van der Waals surface area contributed by atoms with Gasteiger partial charge < -0.3 is 5.32 Å². The second-order valence-corrected chi connectivity index (χ2v) is 8.74. The molecule has 10 heteroatoms. The Kier molecular flexibility index (Phi) is 5.68. The number of carbonyl (C=O) groups excluding carboxylic acids is 1. The smallest absolute Gasteiger partial charge is 0.211 e. The van der Waals surface area contributed by atoms with Crippen LogP contribution in [0.2, 0.25) is 10.2 Å². The van der Waals surface area contributed by atoms with Gasteiger partial charge in [0.05, 0.1) is 22.6 Å². The van der Waals surface area contributed by atoms with E-state index in [1.807, 2.05) is 30.0 Å². The van der Waals surface area contributed by atoms with Crippen molar-refractivity contribution in [3.8, 4) is 11.4 Å². The van der Waals surface area contributed by atoms with E-state index in [0.29, 0.717) is 33.7 Å². The van der Waals surface area contributed by atoms with Crippen molar-refractivity contribution in [2.75, 3.05) is 5.32 Å². The van der Waals surface area contributed by atoms with Gasteiger partial charge in [-0.25, -0.2) is 9.50 Å². The number of amides is 1. The number of hydrogen-bond donors (Lipinski definition) is 1. The molecule has 0 fully saturated rings. The number of halogens is 2. The number of rotatable bonds is 3. The summed E-state index contributed by atoms with van der Waals surface area (Å²) in [6, 6.07) is 5.25. The van der Waals surface area contributed by atoms with Gasteiger partial charge in [0, 0.05) is 30.9 Å². The maximum atomic E-state index is 10.2. The van der Waals surface area contributed by atoms with Crippen molar-refractivity contribution >= 4 is 40.9 Å². The van der Waals surface area contributed by atoms with Crippen molar-refractivity contribution in [2.45, 2.75) is 32.1 Å². The third-order valence-electron chi connectivity index (χ3n) is 5.21. The van der Waals surface area contributed by atoms with E-state index in [0.717, 1.165) is 18.5 Å². The van der Waals surface area contributed by atoms with E-state index in [4.69, 9.17) is 23.2 Å². The quantitative estimate of drug-likeness (QED) is 0.462. The minimum Gasteiger partial charge on any atom is -0.327 e. The number of aromatic nitrogens is 6. The fraction of sp³-hybridized carbons (Fsp3) is 0.286. The zero-order valence-electron chi connectivity index (χ0n) is 17.3. The molecule has 5 rings (SSSR count). The second-order valence-electron chi connectivity index (χ2n) is 7.94. The van der Waals surface area contributed by atoms with Crippen LogP contribution in [0.25, 0.3) is 17.0 Å². The van der Waals surface area contributed by atoms with E-state index in [1.165, 1.54) is 17.5 Å². The van der Waals surface area contributed by atoms with Gasteiger partial charge in [-0.3, -0.25) is 14.5 Å². The zero-order chi connectivity index (χ0) is 22.2. The average Bonchev–Trinajstić information content (AvgIpc) is 3.39. The molecular formula is C21H21Cl2N7O. The van der Waals surface area contributed by atoms with Crippen molar-refractivity contribution in [3.05, 3.63) is 58.2 Å². The molecule has 0 aliphatic heterocycles. The lowest BCUT2D eigenvalue weighted by Crippen LogP contribution is -2.17. The first-order valence-corrected chi connectivity index (χ1v) is 10.4. The van der Waals surface area contributed by atoms with E-state index in [9.17, 15) is 4.79 Å². The molecule has 0 saturated carbocycles. The van der Waals surface area contributed by atoms with Crippen LogP contribution in [0.3, 0.4) is 0 Å². The molecule has 0 aromatic carbocycles. The standard InChI is InChI=1S/C11H12ClN3.C10H9ClN4O/c1-11(2)4-3-7-6-13-9-5-8(12)14-15(9)10(7)11;1-15-3-2-9(14-15)10-8(11)4-7(5-12-10)13-6-16/h5-6H,3-4H2,1-2H3;2-6H,1H3,(H,13,16).